The van der Waals surface area contributed by atoms with E-state index in [1.165, 1.54) is 5.56 Å². The summed E-state index contributed by atoms with van der Waals surface area (Å²) in [4.78, 5) is 18.7. The SMILES string of the molecule is Cc1cc(C)n(CC(C)NC(=O)N(C)Cc2nccn2Cc2ccccc2)n1. The Morgan fingerprint density at radius 3 is 2.68 bits per heavy atom. The Kier molecular flexibility index (Phi) is 6.13. The quantitative estimate of drug-likeness (QED) is 0.685. The fraction of sp³-hybridized carbons (Fsp3) is 0.381. The molecule has 0 aliphatic rings. The molecule has 2 amide bonds. The first-order chi connectivity index (χ1) is 13.4. The number of rotatable bonds is 7. The third-order valence-corrected chi connectivity index (χ3v) is 4.64. The molecule has 3 aromatic rings. The van der Waals surface area contributed by atoms with E-state index in [2.05, 4.69) is 32.1 Å². The van der Waals surface area contributed by atoms with Crippen LogP contribution in [0.3, 0.4) is 0 Å². The zero-order valence-electron chi connectivity index (χ0n) is 17.0. The average Bonchev–Trinajstić information content (AvgIpc) is 3.21. The van der Waals surface area contributed by atoms with Crippen LogP contribution in [0.5, 0.6) is 0 Å². The van der Waals surface area contributed by atoms with Crippen molar-refractivity contribution < 1.29 is 4.79 Å². The molecule has 148 valence electrons. The smallest absolute Gasteiger partial charge is 0.317 e. The fourth-order valence-corrected chi connectivity index (χ4v) is 3.19. The Labute approximate surface area is 166 Å². The highest BCUT2D eigenvalue weighted by Crippen LogP contribution is 2.08. The minimum absolute atomic E-state index is 0.0305. The molecule has 0 spiro atoms. The summed E-state index contributed by atoms with van der Waals surface area (Å²) < 4.78 is 3.99. The molecule has 0 saturated carbocycles. The van der Waals surface area contributed by atoms with Crippen LogP contribution in [0.2, 0.25) is 0 Å². The van der Waals surface area contributed by atoms with Crippen molar-refractivity contribution >= 4 is 6.03 Å². The summed E-state index contributed by atoms with van der Waals surface area (Å²) in [6.07, 6.45) is 3.72. The molecule has 7 nitrogen and oxygen atoms in total. The Bertz CT molecular complexity index is 914. The standard InChI is InChI=1S/C21H28N6O/c1-16-12-18(3)27(24-16)13-17(2)23-21(28)25(4)15-20-22-10-11-26(20)14-19-8-6-5-7-9-19/h5-12,17H,13-15H2,1-4H3,(H,23,28). The van der Waals surface area contributed by atoms with Gasteiger partial charge in [0.05, 0.1) is 18.8 Å². The second-order valence-electron chi connectivity index (χ2n) is 7.27. The first-order valence-electron chi connectivity index (χ1n) is 9.49. The van der Waals surface area contributed by atoms with E-state index in [9.17, 15) is 4.79 Å². The highest BCUT2D eigenvalue weighted by molar-refractivity contribution is 5.74. The van der Waals surface area contributed by atoms with E-state index in [1.54, 1.807) is 18.1 Å². The van der Waals surface area contributed by atoms with E-state index < -0.39 is 0 Å². The predicted octanol–water partition coefficient (Wildman–Crippen LogP) is 2.97. The Morgan fingerprint density at radius 2 is 2.00 bits per heavy atom. The normalized spacial score (nSPS) is 12.0. The van der Waals surface area contributed by atoms with E-state index in [1.807, 2.05) is 55.9 Å². The number of carbonyl (C=O) groups excluding carboxylic acids is 1. The van der Waals surface area contributed by atoms with Crippen LogP contribution < -0.4 is 5.32 Å². The highest BCUT2D eigenvalue weighted by Gasteiger charge is 2.16. The lowest BCUT2D eigenvalue weighted by atomic mass is 10.2. The molecule has 2 heterocycles. The maximum Gasteiger partial charge on any atom is 0.317 e. The van der Waals surface area contributed by atoms with Crippen LogP contribution in [0.15, 0.2) is 48.8 Å². The zero-order chi connectivity index (χ0) is 20.1. The molecule has 3 rings (SSSR count). The van der Waals surface area contributed by atoms with Gasteiger partial charge in [0, 0.05) is 37.7 Å². The van der Waals surface area contributed by atoms with Crippen LogP contribution >= 0.6 is 0 Å². The summed E-state index contributed by atoms with van der Waals surface area (Å²) in [7, 11) is 1.78. The minimum atomic E-state index is -0.122. The summed E-state index contributed by atoms with van der Waals surface area (Å²) in [6.45, 7) is 7.80. The lowest BCUT2D eigenvalue weighted by Gasteiger charge is -2.22. The third kappa shape index (κ3) is 5.00. The summed E-state index contributed by atoms with van der Waals surface area (Å²) in [6, 6.07) is 12.1. The van der Waals surface area contributed by atoms with E-state index in [4.69, 9.17) is 0 Å². The van der Waals surface area contributed by atoms with Crippen LogP contribution in [0, 0.1) is 13.8 Å². The minimum Gasteiger partial charge on any atom is -0.334 e. The van der Waals surface area contributed by atoms with Gasteiger partial charge in [-0.15, -0.1) is 0 Å². The van der Waals surface area contributed by atoms with Crippen molar-refractivity contribution in [3.05, 3.63) is 71.6 Å². The predicted molar refractivity (Wildman–Crippen MR) is 109 cm³/mol. The van der Waals surface area contributed by atoms with Gasteiger partial charge in [-0.2, -0.15) is 5.10 Å². The van der Waals surface area contributed by atoms with Gasteiger partial charge in [-0.3, -0.25) is 4.68 Å². The number of hydrogen-bond acceptors (Lipinski definition) is 3. The number of aromatic nitrogens is 4. The van der Waals surface area contributed by atoms with Crippen LogP contribution in [0.25, 0.3) is 0 Å². The van der Waals surface area contributed by atoms with E-state index >= 15 is 0 Å². The number of hydrogen-bond donors (Lipinski definition) is 1. The van der Waals surface area contributed by atoms with Gasteiger partial charge in [-0.25, -0.2) is 9.78 Å². The van der Waals surface area contributed by atoms with Gasteiger partial charge in [0.25, 0.3) is 0 Å². The number of aryl methyl sites for hydroxylation is 2. The van der Waals surface area contributed by atoms with Crippen molar-refractivity contribution in [2.45, 2.75) is 46.4 Å². The molecule has 0 fully saturated rings. The van der Waals surface area contributed by atoms with Crippen molar-refractivity contribution in [1.82, 2.24) is 29.5 Å². The lowest BCUT2D eigenvalue weighted by molar-refractivity contribution is 0.200. The summed E-state index contributed by atoms with van der Waals surface area (Å²) in [5, 5.41) is 7.49. The number of urea groups is 1. The number of carbonyl (C=O) groups is 1. The van der Waals surface area contributed by atoms with Crippen molar-refractivity contribution in [3.63, 3.8) is 0 Å². The molecule has 0 aliphatic carbocycles. The van der Waals surface area contributed by atoms with E-state index in [-0.39, 0.29) is 12.1 Å². The van der Waals surface area contributed by atoms with Gasteiger partial charge in [0.2, 0.25) is 0 Å². The number of benzene rings is 1. The monoisotopic (exact) mass is 380 g/mol. The second-order valence-corrected chi connectivity index (χ2v) is 7.27. The molecule has 1 atom stereocenters. The summed E-state index contributed by atoms with van der Waals surface area (Å²) in [5.41, 5.74) is 3.28. The third-order valence-electron chi connectivity index (χ3n) is 4.64. The van der Waals surface area contributed by atoms with Gasteiger partial charge in [-0.1, -0.05) is 30.3 Å². The molecule has 28 heavy (non-hydrogen) atoms. The number of amides is 2. The average molecular weight is 380 g/mol. The van der Waals surface area contributed by atoms with Gasteiger partial charge < -0.3 is 14.8 Å². The van der Waals surface area contributed by atoms with Crippen LogP contribution in [-0.2, 0) is 19.6 Å². The van der Waals surface area contributed by atoms with Crippen molar-refractivity contribution in [1.29, 1.82) is 0 Å². The van der Waals surface area contributed by atoms with Crippen LogP contribution in [-0.4, -0.2) is 43.4 Å². The number of nitrogens with one attached hydrogen (secondary N) is 1. The fourth-order valence-electron chi connectivity index (χ4n) is 3.19. The van der Waals surface area contributed by atoms with Crippen molar-refractivity contribution in [2.24, 2.45) is 0 Å². The molecule has 0 bridgehead atoms. The largest absolute Gasteiger partial charge is 0.334 e. The molecule has 1 N–H and O–H groups in total. The van der Waals surface area contributed by atoms with Gasteiger partial charge in [0.15, 0.2) is 0 Å². The van der Waals surface area contributed by atoms with Gasteiger partial charge in [0.1, 0.15) is 5.82 Å². The number of nitrogens with zero attached hydrogens (tertiary/aromatic N) is 5. The molecule has 0 aliphatic heterocycles. The van der Waals surface area contributed by atoms with Crippen molar-refractivity contribution in [3.8, 4) is 0 Å². The first-order valence-corrected chi connectivity index (χ1v) is 9.49. The maximum absolute atomic E-state index is 12.6. The van der Waals surface area contributed by atoms with E-state index in [0.29, 0.717) is 13.1 Å². The molecule has 1 unspecified atom stereocenters. The Balaban J connectivity index is 1.56. The molecular formula is C21H28N6O. The van der Waals surface area contributed by atoms with Crippen LogP contribution in [0.1, 0.15) is 29.7 Å². The van der Waals surface area contributed by atoms with E-state index in [0.717, 1.165) is 23.8 Å². The Morgan fingerprint density at radius 1 is 1.25 bits per heavy atom. The number of imidazole rings is 1. The molecular weight excluding hydrogens is 352 g/mol. The van der Waals surface area contributed by atoms with Gasteiger partial charge in [-0.05, 0) is 32.4 Å². The Hall–Kier alpha value is -3.09. The topological polar surface area (TPSA) is 68.0 Å². The molecule has 1 aromatic carbocycles. The highest BCUT2D eigenvalue weighted by atomic mass is 16.2. The second kappa shape index (κ2) is 8.73. The molecule has 0 saturated heterocycles. The van der Waals surface area contributed by atoms with Crippen molar-refractivity contribution in [2.75, 3.05) is 7.05 Å². The van der Waals surface area contributed by atoms with Gasteiger partial charge >= 0.3 is 6.03 Å². The summed E-state index contributed by atoms with van der Waals surface area (Å²) in [5.74, 6) is 0.854. The molecule has 2 aromatic heterocycles. The summed E-state index contributed by atoms with van der Waals surface area (Å²) >= 11 is 0. The zero-order valence-corrected chi connectivity index (χ0v) is 17.0. The molecule has 7 heteroatoms. The molecule has 0 radical (unpaired) electrons. The van der Waals surface area contributed by atoms with Crippen LogP contribution in [0.4, 0.5) is 4.79 Å². The maximum atomic E-state index is 12.6. The lowest BCUT2D eigenvalue weighted by Crippen LogP contribution is -2.43. The first kappa shape index (κ1) is 19.7.